The molecule has 1 nitrogen and oxygen atoms in total. The van der Waals surface area contributed by atoms with Crippen LogP contribution >= 0.6 is 22.6 Å². The molecule has 1 aliphatic rings. The molecule has 0 aromatic carbocycles. The van der Waals surface area contributed by atoms with E-state index in [1.54, 1.807) is 0 Å². The quantitative estimate of drug-likeness (QED) is 0.313. The average molecular weight is 421 g/mol. The van der Waals surface area contributed by atoms with Crippen molar-refractivity contribution in [3.8, 4) is 0 Å². The van der Waals surface area contributed by atoms with Gasteiger partial charge in [-0.05, 0) is 49.4 Å². The maximum Gasteiger partial charge on any atom is 0.0292 e. The van der Waals surface area contributed by atoms with Gasteiger partial charge in [0.05, 0.1) is 0 Å². The minimum Gasteiger partial charge on any atom is -0.326 e. The lowest BCUT2D eigenvalue weighted by Gasteiger charge is -2.41. The number of hydrogen-bond donors (Lipinski definition) is 1. The number of unbranched alkanes of at least 4 members (excludes halogenated alkanes) is 1. The molecule has 1 rings (SSSR count). The van der Waals surface area contributed by atoms with Gasteiger partial charge in [0.15, 0.2) is 0 Å². The van der Waals surface area contributed by atoms with E-state index in [2.05, 4.69) is 50.3 Å². The van der Waals surface area contributed by atoms with Gasteiger partial charge in [0, 0.05) is 9.97 Å². The van der Waals surface area contributed by atoms with E-state index in [1.165, 1.54) is 64.2 Å². The number of nitrogens with two attached hydrogens (primary N) is 1. The van der Waals surface area contributed by atoms with Crippen LogP contribution in [0.15, 0.2) is 0 Å². The molecule has 132 valence electrons. The molecule has 0 aromatic rings. The summed E-state index contributed by atoms with van der Waals surface area (Å²) < 4.78 is 0.664. The summed E-state index contributed by atoms with van der Waals surface area (Å²) in [5, 5.41) is 0. The highest BCUT2D eigenvalue weighted by atomic mass is 127. The molecule has 0 radical (unpaired) electrons. The Balaban J connectivity index is 2.58. The lowest BCUT2D eigenvalue weighted by Crippen LogP contribution is -2.44. The molecule has 0 spiro atoms. The van der Waals surface area contributed by atoms with Crippen LogP contribution in [0.1, 0.15) is 91.9 Å². The highest BCUT2D eigenvalue weighted by Crippen LogP contribution is 2.41. The molecule has 2 N–H and O–H groups in total. The van der Waals surface area contributed by atoms with Crippen molar-refractivity contribution in [2.75, 3.05) is 0 Å². The van der Waals surface area contributed by atoms with E-state index < -0.39 is 0 Å². The Morgan fingerprint density at radius 2 is 1.77 bits per heavy atom. The van der Waals surface area contributed by atoms with Gasteiger partial charge in [0.25, 0.3) is 0 Å². The summed E-state index contributed by atoms with van der Waals surface area (Å²) in [6.45, 7) is 9.37. The van der Waals surface area contributed by atoms with Crippen molar-refractivity contribution in [2.45, 2.75) is 102 Å². The topological polar surface area (TPSA) is 26.0 Å². The van der Waals surface area contributed by atoms with Gasteiger partial charge in [0.2, 0.25) is 0 Å². The Hall–Kier alpha value is 0.690. The molecule has 2 heteroatoms. The number of rotatable bonds is 10. The van der Waals surface area contributed by atoms with Crippen LogP contribution < -0.4 is 5.73 Å². The van der Waals surface area contributed by atoms with Crippen molar-refractivity contribution in [2.24, 2.45) is 29.4 Å². The fraction of sp³-hybridized carbons (Fsp3) is 1.00. The molecule has 6 atom stereocenters. The SMILES string of the molecule is CCCC[C@H]1CC[C@@H]([C@H](N)[C@@H](I)C(CC)CCC)CC1CC. The van der Waals surface area contributed by atoms with Crippen molar-refractivity contribution in [3.05, 3.63) is 0 Å². The Labute approximate surface area is 153 Å². The summed E-state index contributed by atoms with van der Waals surface area (Å²) in [6, 6.07) is 0.415. The van der Waals surface area contributed by atoms with Gasteiger partial charge < -0.3 is 5.73 Å². The molecule has 0 saturated heterocycles. The summed E-state index contributed by atoms with van der Waals surface area (Å²) in [5.41, 5.74) is 6.75. The van der Waals surface area contributed by atoms with Crippen molar-refractivity contribution >= 4 is 22.6 Å². The van der Waals surface area contributed by atoms with E-state index in [0.29, 0.717) is 9.97 Å². The van der Waals surface area contributed by atoms with E-state index in [9.17, 15) is 0 Å². The van der Waals surface area contributed by atoms with Gasteiger partial charge in [-0.1, -0.05) is 88.8 Å². The fourth-order valence-electron chi connectivity index (χ4n) is 4.59. The van der Waals surface area contributed by atoms with Crippen molar-refractivity contribution in [1.29, 1.82) is 0 Å². The maximum atomic E-state index is 6.75. The van der Waals surface area contributed by atoms with Crippen LogP contribution in [0.3, 0.4) is 0 Å². The second kappa shape index (κ2) is 11.3. The molecular formula is C20H40IN. The molecule has 1 saturated carbocycles. The molecule has 2 unspecified atom stereocenters. The zero-order valence-electron chi connectivity index (χ0n) is 15.5. The smallest absolute Gasteiger partial charge is 0.0292 e. The molecule has 1 aliphatic carbocycles. The number of alkyl halides is 1. The largest absolute Gasteiger partial charge is 0.326 e. The van der Waals surface area contributed by atoms with Crippen LogP contribution in [-0.4, -0.2) is 9.97 Å². The van der Waals surface area contributed by atoms with Gasteiger partial charge in [-0.3, -0.25) is 0 Å². The predicted molar refractivity (Wildman–Crippen MR) is 109 cm³/mol. The minimum atomic E-state index is 0.415. The standard InChI is InChI=1S/C20H40IN/c1-5-9-11-17-12-13-18(14-16(17)8-4)20(22)19(21)15(7-3)10-6-2/h15-20H,5-14,22H2,1-4H3/t15?,16?,17-,18+,19-,20-/m0/s1. The second-order valence-corrected chi connectivity index (χ2v) is 9.06. The van der Waals surface area contributed by atoms with Crippen molar-refractivity contribution in [1.82, 2.24) is 0 Å². The molecular weight excluding hydrogens is 381 g/mol. The molecule has 22 heavy (non-hydrogen) atoms. The average Bonchev–Trinajstić information content (AvgIpc) is 2.56. The van der Waals surface area contributed by atoms with E-state index in [-0.39, 0.29) is 0 Å². The molecule has 0 bridgehead atoms. The third-order valence-corrected chi connectivity index (χ3v) is 8.03. The Morgan fingerprint density at radius 1 is 1.05 bits per heavy atom. The first kappa shape index (κ1) is 20.7. The van der Waals surface area contributed by atoms with Gasteiger partial charge in [-0.25, -0.2) is 0 Å². The van der Waals surface area contributed by atoms with E-state index in [0.717, 1.165) is 23.7 Å². The van der Waals surface area contributed by atoms with E-state index in [4.69, 9.17) is 5.73 Å². The lowest BCUT2D eigenvalue weighted by atomic mass is 9.68. The van der Waals surface area contributed by atoms with E-state index >= 15 is 0 Å². The van der Waals surface area contributed by atoms with E-state index in [1.807, 2.05) is 0 Å². The summed E-state index contributed by atoms with van der Waals surface area (Å²) in [4.78, 5) is 0. The fourth-order valence-corrected chi connectivity index (χ4v) is 6.05. The first-order chi connectivity index (χ1) is 10.6. The molecule has 1 fully saturated rings. The molecule has 0 aliphatic heterocycles. The first-order valence-electron chi connectivity index (χ1n) is 9.98. The maximum absolute atomic E-state index is 6.75. The van der Waals surface area contributed by atoms with Crippen LogP contribution in [0.2, 0.25) is 0 Å². The Kier molecular flexibility index (Phi) is 10.6. The van der Waals surface area contributed by atoms with Crippen LogP contribution in [-0.2, 0) is 0 Å². The molecule has 0 aromatic heterocycles. The summed E-state index contributed by atoms with van der Waals surface area (Å²) in [6.07, 6.45) is 13.7. The highest BCUT2D eigenvalue weighted by Gasteiger charge is 2.35. The minimum absolute atomic E-state index is 0.415. The van der Waals surface area contributed by atoms with Crippen LogP contribution in [0.5, 0.6) is 0 Å². The second-order valence-electron chi connectivity index (χ2n) is 7.62. The number of hydrogen-bond acceptors (Lipinski definition) is 1. The molecule has 0 heterocycles. The number of halogens is 1. The van der Waals surface area contributed by atoms with Gasteiger partial charge in [-0.15, -0.1) is 0 Å². The predicted octanol–water partition coefficient (Wildman–Crippen LogP) is 6.58. The third kappa shape index (κ3) is 5.96. The first-order valence-corrected chi connectivity index (χ1v) is 11.2. The summed E-state index contributed by atoms with van der Waals surface area (Å²) in [7, 11) is 0. The molecule has 0 amide bonds. The summed E-state index contributed by atoms with van der Waals surface area (Å²) >= 11 is 2.68. The highest BCUT2D eigenvalue weighted by molar-refractivity contribution is 14.1. The van der Waals surface area contributed by atoms with Crippen LogP contribution in [0.25, 0.3) is 0 Å². The van der Waals surface area contributed by atoms with Crippen molar-refractivity contribution < 1.29 is 0 Å². The third-order valence-electron chi connectivity index (χ3n) is 6.18. The monoisotopic (exact) mass is 421 g/mol. The van der Waals surface area contributed by atoms with Crippen LogP contribution in [0.4, 0.5) is 0 Å². The van der Waals surface area contributed by atoms with Gasteiger partial charge >= 0.3 is 0 Å². The Morgan fingerprint density at radius 3 is 2.32 bits per heavy atom. The van der Waals surface area contributed by atoms with Gasteiger partial charge in [-0.2, -0.15) is 0 Å². The Bertz CT molecular complexity index is 281. The van der Waals surface area contributed by atoms with Crippen LogP contribution in [0, 0.1) is 23.7 Å². The van der Waals surface area contributed by atoms with Gasteiger partial charge in [0.1, 0.15) is 0 Å². The van der Waals surface area contributed by atoms with Crippen molar-refractivity contribution in [3.63, 3.8) is 0 Å². The summed E-state index contributed by atoms with van der Waals surface area (Å²) in [5.74, 6) is 3.51. The lowest BCUT2D eigenvalue weighted by molar-refractivity contribution is 0.141. The zero-order chi connectivity index (χ0) is 16.5. The zero-order valence-corrected chi connectivity index (χ0v) is 17.6. The normalized spacial score (nSPS) is 30.0.